The molecule has 88 valence electrons. The van der Waals surface area contributed by atoms with Gasteiger partial charge >= 0.3 is 0 Å². The second kappa shape index (κ2) is 5.25. The third-order valence-electron chi connectivity index (χ3n) is 2.07. The van der Waals surface area contributed by atoms with Crippen molar-refractivity contribution < 1.29 is 0 Å². The second-order valence-electron chi connectivity index (χ2n) is 3.35. The molecule has 0 aliphatic carbocycles. The summed E-state index contributed by atoms with van der Waals surface area (Å²) in [4.78, 5) is 4.19. The van der Waals surface area contributed by atoms with Crippen molar-refractivity contribution in [3.05, 3.63) is 44.4 Å². The van der Waals surface area contributed by atoms with Crippen molar-refractivity contribution in [3.8, 4) is 0 Å². The van der Waals surface area contributed by atoms with E-state index in [1.54, 1.807) is 18.3 Å². The topological polar surface area (TPSA) is 50.9 Å². The third kappa shape index (κ3) is 3.12. The molecular formula is C11H8Br2ClN3. The predicted molar refractivity (Wildman–Crippen MR) is 78.8 cm³/mol. The average Bonchev–Trinajstić information content (AvgIpc) is 2.27. The highest BCUT2D eigenvalue weighted by Gasteiger charge is 2.04. The fraction of sp³-hybridized carbons (Fsp3) is 0. The number of rotatable bonds is 2. The lowest BCUT2D eigenvalue weighted by Gasteiger charge is -2.09. The molecule has 6 heteroatoms. The Morgan fingerprint density at radius 3 is 2.65 bits per heavy atom. The first kappa shape index (κ1) is 12.7. The van der Waals surface area contributed by atoms with Crippen LogP contribution in [-0.4, -0.2) is 4.98 Å². The summed E-state index contributed by atoms with van der Waals surface area (Å²) in [7, 11) is 0. The van der Waals surface area contributed by atoms with Crippen molar-refractivity contribution in [3.63, 3.8) is 0 Å². The van der Waals surface area contributed by atoms with E-state index in [4.69, 9.17) is 17.3 Å². The number of aromatic nitrogens is 1. The van der Waals surface area contributed by atoms with Crippen molar-refractivity contribution in [2.24, 2.45) is 0 Å². The number of hydrogen-bond donors (Lipinski definition) is 2. The zero-order valence-corrected chi connectivity index (χ0v) is 12.5. The largest absolute Gasteiger partial charge is 0.396 e. The van der Waals surface area contributed by atoms with E-state index in [2.05, 4.69) is 42.2 Å². The number of nitrogens with two attached hydrogens (primary N) is 1. The van der Waals surface area contributed by atoms with Gasteiger partial charge in [-0.2, -0.15) is 0 Å². The molecule has 17 heavy (non-hydrogen) atoms. The Morgan fingerprint density at radius 1 is 1.24 bits per heavy atom. The van der Waals surface area contributed by atoms with E-state index in [0.717, 1.165) is 14.6 Å². The van der Waals surface area contributed by atoms with Crippen LogP contribution in [-0.2, 0) is 0 Å². The number of anilines is 3. The van der Waals surface area contributed by atoms with E-state index >= 15 is 0 Å². The summed E-state index contributed by atoms with van der Waals surface area (Å²) < 4.78 is 1.66. The molecule has 3 N–H and O–H groups in total. The van der Waals surface area contributed by atoms with Gasteiger partial charge in [0.15, 0.2) is 5.82 Å². The molecule has 0 amide bonds. The van der Waals surface area contributed by atoms with Crippen molar-refractivity contribution >= 4 is 60.7 Å². The zero-order chi connectivity index (χ0) is 12.4. The molecule has 0 saturated heterocycles. The molecular weight excluding hydrogens is 369 g/mol. The normalized spacial score (nSPS) is 10.3. The summed E-state index contributed by atoms with van der Waals surface area (Å²) in [5.41, 5.74) is 7.28. The smallest absolute Gasteiger partial charge is 0.153 e. The molecule has 1 aromatic heterocycles. The molecule has 0 unspecified atom stereocenters. The monoisotopic (exact) mass is 375 g/mol. The lowest BCUT2D eigenvalue weighted by molar-refractivity contribution is 1.29. The number of nitrogens with one attached hydrogen (secondary N) is 1. The van der Waals surface area contributed by atoms with E-state index in [9.17, 15) is 0 Å². The summed E-state index contributed by atoms with van der Waals surface area (Å²) in [6.07, 6.45) is 1.68. The first-order valence-electron chi connectivity index (χ1n) is 4.69. The first-order chi connectivity index (χ1) is 8.06. The Balaban J connectivity index is 2.28. The number of pyridine rings is 1. The van der Waals surface area contributed by atoms with Gasteiger partial charge in [0.2, 0.25) is 0 Å². The maximum atomic E-state index is 5.91. The van der Waals surface area contributed by atoms with Gasteiger partial charge in [0, 0.05) is 20.8 Å². The molecule has 0 aliphatic rings. The molecule has 0 atom stereocenters. The van der Waals surface area contributed by atoms with E-state index in [-0.39, 0.29) is 0 Å². The first-order valence-corrected chi connectivity index (χ1v) is 6.66. The van der Waals surface area contributed by atoms with Crippen LogP contribution in [0.15, 0.2) is 39.4 Å². The molecule has 3 nitrogen and oxygen atoms in total. The Kier molecular flexibility index (Phi) is 3.91. The van der Waals surface area contributed by atoms with Crippen molar-refractivity contribution in [2.45, 2.75) is 0 Å². The fourth-order valence-corrected chi connectivity index (χ4v) is 2.12. The highest BCUT2D eigenvalue weighted by Crippen LogP contribution is 2.28. The van der Waals surface area contributed by atoms with Gasteiger partial charge in [-0.15, -0.1) is 0 Å². The summed E-state index contributed by atoms with van der Waals surface area (Å²) in [5.74, 6) is 0.613. The molecule has 0 fully saturated rings. The van der Waals surface area contributed by atoms with Crippen LogP contribution >= 0.6 is 43.5 Å². The van der Waals surface area contributed by atoms with Crippen LogP contribution in [0.4, 0.5) is 17.2 Å². The maximum Gasteiger partial charge on any atom is 0.153 e. The molecule has 2 aromatic rings. The lowest BCUT2D eigenvalue weighted by Crippen LogP contribution is -1.98. The molecule has 2 rings (SSSR count). The van der Waals surface area contributed by atoms with Crippen LogP contribution < -0.4 is 11.1 Å². The van der Waals surface area contributed by atoms with Crippen LogP contribution in [0.2, 0.25) is 5.02 Å². The fourth-order valence-electron chi connectivity index (χ4n) is 1.27. The predicted octanol–water partition coefficient (Wildman–Crippen LogP) is 4.59. The summed E-state index contributed by atoms with van der Waals surface area (Å²) in [6.45, 7) is 0. The Labute approximate surface area is 121 Å². The minimum atomic E-state index is 0.574. The number of hydrogen-bond acceptors (Lipinski definition) is 3. The third-order valence-corrected chi connectivity index (χ3v) is 3.71. The van der Waals surface area contributed by atoms with E-state index in [0.29, 0.717) is 16.5 Å². The molecule has 1 heterocycles. The number of halogens is 3. The van der Waals surface area contributed by atoms with Crippen molar-refractivity contribution in [2.75, 3.05) is 11.1 Å². The van der Waals surface area contributed by atoms with Gasteiger partial charge in [0.05, 0.1) is 10.7 Å². The lowest BCUT2D eigenvalue weighted by atomic mass is 10.3. The minimum Gasteiger partial charge on any atom is -0.396 e. The SMILES string of the molecule is Nc1cc(Br)cnc1Nc1ccc(Cl)c(Br)c1. The molecule has 0 spiro atoms. The van der Waals surface area contributed by atoms with Gasteiger partial charge in [-0.3, -0.25) is 0 Å². The van der Waals surface area contributed by atoms with Gasteiger partial charge in [-0.25, -0.2) is 4.98 Å². The summed E-state index contributed by atoms with van der Waals surface area (Å²) in [5, 5.41) is 3.78. The highest BCUT2D eigenvalue weighted by atomic mass is 79.9. The maximum absolute atomic E-state index is 5.91. The Bertz CT molecular complexity index is 560. The molecule has 0 aliphatic heterocycles. The van der Waals surface area contributed by atoms with Gasteiger partial charge in [-0.1, -0.05) is 11.6 Å². The zero-order valence-electron chi connectivity index (χ0n) is 8.55. The molecule has 0 bridgehead atoms. The van der Waals surface area contributed by atoms with Crippen molar-refractivity contribution in [1.82, 2.24) is 4.98 Å². The van der Waals surface area contributed by atoms with Crippen LogP contribution in [0, 0.1) is 0 Å². The van der Waals surface area contributed by atoms with Crippen LogP contribution in [0.5, 0.6) is 0 Å². The quantitative estimate of drug-likeness (QED) is 0.805. The average molecular weight is 377 g/mol. The molecule has 1 aromatic carbocycles. The highest BCUT2D eigenvalue weighted by molar-refractivity contribution is 9.10. The Hall–Kier alpha value is -0.780. The Morgan fingerprint density at radius 2 is 2.00 bits per heavy atom. The number of benzene rings is 1. The van der Waals surface area contributed by atoms with Gasteiger partial charge < -0.3 is 11.1 Å². The summed E-state index contributed by atoms with van der Waals surface area (Å²) in [6, 6.07) is 7.31. The summed E-state index contributed by atoms with van der Waals surface area (Å²) >= 11 is 12.6. The molecule has 0 radical (unpaired) electrons. The van der Waals surface area contributed by atoms with Crippen LogP contribution in [0.1, 0.15) is 0 Å². The second-order valence-corrected chi connectivity index (χ2v) is 5.52. The minimum absolute atomic E-state index is 0.574. The van der Waals surface area contributed by atoms with E-state index in [1.807, 2.05) is 12.1 Å². The van der Waals surface area contributed by atoms with Gasteiger partial charge in [-0.05, 0) is 56.1 Å². The van der Waals surface area contributed by atoms with Gasteiger partial charge in [0.1, 0.15) is 0 Å². The molecule has 0 saturated carbocycles. The standard InChI is InChI=1S/C11H8Br2ClN3/c12-6-3-10(15)11(16-5-6)17-7-1-2-9(14)8(13)4-7/h1-5H,15H2,(H,16,17). The van der Waals surface area contributed by atoms with E-state index < -0.39 is 0 Å². The number of nitrogen functional groups attached to an aromatic ring is 1. The van der Waals surface area contributed by atoms with Crippen LogP contribution in [0.25, 0.3) is 0 Å². The number of nitrogens with zero attached hydrogens (tertiary/aromatic N) is 1. The van der Waals surface area contributed by atoms with Gasteiger partial charge in [0.25, 0.3) is 0 Å². The van der Waals surface area contributed by atoms with Crippen LogP contribution in [0.3, 0.4) is 0 Å². The van der Waals surface area contributed by atoms with Crippen molar-refractivity contribution in [1.29, 1.82) is 0 Å². The van der Waals surface area contributed by atoms with E-state index in [1.165, 1.54) is 0 Å².